The molecule has 1 aromatic heterocycles. The van der Waals surface area contributed by atoms with E-state index in [0.29, 0.717) is 6.54 Å². The number of fused-ring (bicyclic) bond motifs is 1. The normalized spacial score (nSPS) is 12.1. The molecule has 0 atom stereocenters. The number of aromatic nitrogens is 1. The Balaban J connectivity index is 2.28. The molecule has 0 fully saturated rings. The summed E-state index contributed by atoms with van der Waals surface area (Å²) in [4.78, 5) is 0. The summed E-state index contributed by atoms with van der Waals surface area (Å²) in [5.41, 5.74) is 1.06. The fourth-order valence-corrected chi connectivity index (χ4v) is 2.85. The standard InChI is InChI=1S/C12H14BrNO2S/c1-2-17(15,16)8-7-14-6-5-10-3-4-11(13)9-12(10)14/h3-6,9H,2,7-8H2,1H3. The summed E-state index contributed by atoms with van der Waals surface area (Å²) in [7, 11) is -2.91. The molecule has 0 aliphatic rings. The molecule has 0 unspecified atom stereocenters. The number of aryl methyl sites for hydroxylation is 1. The van der Waals surface area contributed by atoms with Crippen molar-refractivity contribution < 1.29 is 8.42 Å². The summed E-state index contributed by atoms with van der Waals surface area (Å²) < 4.78 is 25.9. The highest BCUT2D eigenvalue weighted by Crippen LogP contribution is 2.20. The Labute approximate surface area is 109 Å². The minimum absolute atomic E-state index is 0.194. The van der Waals surface area contributed by atoms with Crippen molar-refractivity contribution in [1.29, 1.82) is 0 Å². The summed E-state index contributed by atoms with van der Waals surface area (Å²) >= 11 is 3.42. The topological polar surface area (TPSA) is 39.1 Å². The predicted octanol–water partition coefficient (Wildman–Crippen LogP) is 2.84. The van der Waals surface area contributed by atoms with E-state index in [0.717, 1.165) is 15.4 Å². The first-order valence-corrected chi connectivity index (χ1v) is 8.08. The molecule has 0 saturated heterocycles. The Morgan fingerprint density at radius 2 is 2.06 bits per heavy atom. The van der Waals surface area contributed by atoms with Gasteiger partial charge in [-0.05, 0) is 23.6 Å². The number of sulfone groups is 1. The van der Waals surface area contributed by atoms with Gasteiger partial charge in [0.1, 0.15) is 0 Å². The maximum Gasteiger partial charge on any atom is 0.151 e. The average molecular weight is 316 g/mol. The van der Waals surface area contributed by atoms with Crippen LogP contribution in [0.15, 0.2) is 34.9 Å². The third kappa shape index (κ3) is 2.90. The van der Waals surface area contributed by atoms with Gasteiger partial charge in [0.15, 0.2) is 9.84 Å². The molecule has 1 aromatic carbocycles. The van der Waals surface area contributed by atoms with Crippen LogP contribution in [0.1, 0.15) is 6.92 Å². The maximum atomic E-state index is 11.5. The Hall–Kier alpha value is -0.810. The van der Waals surface area contributed by atoms with Gasteiger partial charge in [-0.25, -0.2) is 8.42 Å². The van der Waals surface area contributed by atoms with Crippen molar-refractivity contribution in [3.63, 3.8) is 0 Å². The van der Waals surface area contributed by atoms with Gasteiger partial charge in [0, 0.05) is 28.5 Å². The van der Waals surface area contributed by atoms with Gasteiger partial charge in [-0.15, -0.1) is 0 Å². The van der Waals surface area contributed by atoms with E-state index >= 15 is 0 Å². The molecule has 0 saturated carbocycles. The fraction of sp³-hybridized carbons (Fsp3) is 0.333. The van der Waals surface area contributed by atoms with Gasteiger partial charge in [-0.2, -0.15) is 0 Å². The van der Waals surface area contributed by atoms with E-state index in [1.54, 1.807) is 6.92 Å². The smallest absolute Gasteiger partial charge is 0.151 e. The zero-order valence-corrected chi connectivity index (χ0v) is 12.0. The Morgan fingerprint density at radius 3 is 2.76 bits per heavy atom. The molecule has 1 heterocycles. The Bertz CT molecular complexity index is 631. The summed E-state index contributed by atoms with van der Waals surface area (Å²) in [6.07, 6.45) is 1.93. The van der Waals surface area contributed by atoms with Crippen LogP contribution in [0.3, 0.4) is 0 Å². The van der Waals surface area contributed by atoms with Crippen LogP contribution in [-0.4, -0.2) is 24.5 Å². The van der Waals surface area contributed by atoms with Crippen molar-refractivity contribution >= 4 is 36.7 Å². The Kier molecular flexibility index (Phi) is 3.58. The third-order valence-electron chi connectivity index (χ3n) is 2.82. The zero-order valence-electron chi connectivity index (χ0n) is 9.56. The lowest BCUT2D eigenvalue weighted by molar-refractivity contribution is 0.591. The second-order valence-corrected chi connectivity index (χ2v) is 7.34. The molecule has 2 aromatic rings. The van der Waals surface area contributed by atoms with Gasteiger partial charge < -0.3 is 4.57 Å². The molecule has 0 radical (unpaired) electrons. The van der Waals surface area contributed by atoms with Gasteiger partial charge >= 0.3 is 0 Å². The number of rotatable bonds is 4. The monoisotopic (exact) mass is 315 g/mol. The van der Waals surface area contributed by atoms with Crippen molar-refractivity contribution in [2.24, 2.45) is 0 Å². The zero-order chi connectivity index (χ0) is 12.5. The number of hydrogen-bond acceptors (Lipinski definition) is 2. The van der Waals surface area contributed by atoms with E-state index in [-0.39, 0.29) is 11.5 Å². The van der Waals surface area contributed by atoms with E-state index in [1.807, 2.05) is 35.0 Å². The summed E-state index contributed by atoms with van der Waals surface area (Å²) in [6.45, 7) is 2.19. The number of halogens is 1. The molecule has 3 nitrogen and oxygen atoms in total. The van der Waals surface area contributed by atoms with Crippen LogP contribution >= 0.6 is 15.9 Å². The lowest BCUT2D eigenvalue weighted by atomic mass is 10.2. The molecule has 0 aliphatic heterocycles. The predicted molar refractivity (Wildman–Crippen MR) is 74.0 cm³/mol. The second-order valence-electron chi connectivity index (χ2n) is 3.95. The lowest BCUT2D eigenvalue weighted by Gasteiger charge is -2.05. The SMILES string of the molecule is CCS(=O)(=O)CCn1ccc2ccc(Br)cc21. The first-order valence-electron chi connectivity index (χ1n) is 5.46. The van der Waals surface area contributed by atoms with Gasteiger partial charge in [0.2, 0.25) is 0 Å². The highest BCUT2D eigenvalue weighted by atomic mass is 79.9. The lowest BCUT2D eigenvalue weighted by Crippen LogP contribution is -2.14. The molecule has 0 amide bonds. The summed E-state index contributed by atoms with van der Waals surface area (Å²) in [5.74, 6) is 0.399. The van der Waals surface area contributed by atoms with Crippen LogP contribution in [0.25, 0.3) is 10.9 Å². The number of hydrogen-bond donors (Lipinski definition) is 0. The van der Waals surface area contributed by atoms with Crippen molar-refractivity contribution in [3.05, 3.63) is 34.9 Å². The summed E-state index contributed by atoms with van der Waals surface area (Å²) in [5, 5.41) is 1.13. The minimum atomic E-state index is -2.91. The van der Waals surface area contributed by atoms with Gasteiger partial charge in [0.05, 0.1) is 5.75 Å². The molecule has 92 valence electrons. The van der Waals surface area contributed by atoms with E-state index in [2.05, 4.69) is 15.9 Å². The fourth-order valence-electron chi connectivity index (χ4n) is 1.73. The number of nitrogens with zero attached hydrogens (tertiary/aromatic N) is 1. The molecule has 0 N–H and O–H groups in total. The van der Waals surface area contributed by atoms with Crippen molar-refractivity contribution in [2.75, 3.05) is 11.5 Å². The Morgan fingerprint density at radius 1 is 1.29 bits per heavy atom. The van der Waals surface area contributed by atoms with E-state index in [1.165, 1.54) is 0 Å². The van der Waals surface area contributed by atoms with Crippen molar-refractivity contribution in [2.45, 2.75) is 13.5 Å². The van der Waals surface area contributed by atoms with Crippen LogP contribution in [0.2, 0.25) is 0 Å². The third-order valence-corrected chi connectivity index (χ3v) is 5.00. The molecule has 2 rings (SSSR count). The highest BCUT2D eigenvalue weighted by Gasteiger charge is 2.08. The second kappa shape index (κ2) is 4.82. The largest absolute Gasteiger partial charge is 0.346 e. The van der Waals surface area contributed by atoms with E-state index in [4.69, 9.17) is 0 Å². The van der Waals surface area contributed by atoms with E-state index in [9.17, 15) is 8.42 Å². The quantitative estimate of drug-likeness (QED) is 0.870. The minimum Gasteiger partial charge on any atom is -0.346 e. The highest BCUT2D eigenvalue weighted by molar-refractivity contribution is 9.10. The molecule has 5 heteroatoms. The molecular formula is C12H14BrNO2S. The van der Waals surface area contributed by atoms with Gasteiger partial charge in [-0.1, -0.05) is 28.9 Å². The van der Waals surface area contributed by atoms with Crippen molar-refractivity contribution in [1.82, 2.24) is 4.57 Å². The number of benzene rings is 1. The molecule has 17 heavy (non-hydrogen) atoms. The average Bonchev–Trinajstić information content (AvgIpc) is 2.69. The molecule has 0 aliphatic carbocycles. The first-order chi connectivity index (χ1) is 8.02. The molecular weight excluding hydrogens is 302 g/mol. The van der Waals surface area contributed by atoms with Gasteiger partial charge in [-0.3, -0.25) is 0 Å². The van der Waals surface area contributed by atoms with Crippen molar-refractivity contribution in [3.8, 4) is 0 Å². The van der Waals surface area contributed by atoms with Crippen LogP contribution in [0, 0.1) is 0 Å². The van der Waals surface area contributed by atoms with E-state index < -0.39 is 9.84 Å². The molecule has 0 bridgehead atoms. The van der Waals surface area contributed by atoms with Crippen LogP contribution in [-0.2, 0) is 16.4 Å². The van der Waals surface area contributed by atoms with Gasteiger partial charge in [0.25, 0.3) is 0 Å². The first kappa shape index (κ1) is 12.6. The molecule has 0 spiro atoms. The summed E-state index contributed by atoms with van der Waals surface area (Å²) in [6, 6.07) is 8.01. The maximum absolute atomic E-state index is 11.5. The van der Waals surface area contributed by atoms with Crippen LogP contribution < -0.4 is 0 Å². The van der Waals surface area contributed by atoms with Crippen LogP contribution in [0.4, 0.5) is 0 Å². The van der Waals surface area contributed by atoms with Crippen LogP contribution in [0.5, 0.6) is 0 Å².